The van der Waals surface area contributed by atoms with E-state index in [0.717, 1.165) is 5.39 Å². The van der Waals surface area contributed by atoms with E-state index >= 15 is 0 Å². The van der Waals surface area contributed by atoms with E-state index in [2.05, 4.69) is 15.3 Å². The normalized spacial score (nSPS) is 10.7. The van der Waals surface area contributed by atoms with E-state index in [9.17, 15) is 9.59 Å². The number of aromatic nitrogens is 3. The molecule has 4 aromatic rings. The van der Waals surface area contributed by atoms with Crippen molar-refractivity contribution in [2.45, 2.75) is 0 Å². The minimum atomic E-state index is -0.336. The Hall–Kier alpha value is -3.71. The molecule has 0 atom stereocenters. The Morgan fingerprint density at radius 2 is 1.87 bits per heavy atom. The van der Waals surface area contributed by atoms with E-state index in [0.29, 0.717) is 33.4 Å². The summed E-state index contributed by atoms with van der Waals surface area (Å²) in [5.41, 5.74) is 1.63. The molecule has 8 heteroatoms. The van der Waals surface area contributed by atoms with Crippen molar-refractivity contribution in [1.82, 2.24) is 14.5 Å². The van der Waals surface area contributed by atoms with Crippen molar-refractivity contribution >= 4 is 39.9 Å². The van der Waals surface area contributed by atoms with Crippen molar-refractivity contribution in [2.75, 3.05) is 11.9 Å². The molecule has 0 fully saturated rings. The fourth-order valence-electron chi connectivity index (χ4n) is 2.99. The van der Waals surface area contributed by atoms with E-state index in [1.165, 1.54) is 0 Å². The van der Waals surface area contributed by atoms with Gasteiger partial charge in [-0.1, -0.05) is 11.6 Å². The maximum absolute atomic E-state index is 12.4. The van der Waals surface area contributed by atoms with Crippen LogP contribution in [0.15, 0.2) is 67.1 Å². The van der Waals surface area contributed by atoms with Gasteiger partial charge in [0.25, 0.3) is 5.91 Å². The number of nitrogens with zero attached hydrogens (tertiary/aromatic N) is 3. The number of ketones is 1. The molecule has 0 aliphatic heterocycles. The first kappa shape index (κ1) is 19.6. The van der Waals surface area contributed by atoms with Crippen LogP contribution >= 0.6 is 11.6 Å². The Kier molecular flexibility index (Phi) is 5.45. The van der Waals surface area contributed by atoms with Crippen LogP contribution in [0.25, 0.3) is 10.9 Å². The minimum Gasteiger partial charge on any atom is -0.481 e. The van der Waals surface area contributed by atoms with Gasteiger partial charge in [0.1, 0.15) is 11.3 Å². The molecule has 0 bridgehead atoms. The lowest BCUT2D eigenvalue weighted by atomic mass is 10.1. The molecule has 2 heterocycles. The summed E-state index contributed by atoms with van der Waals surface area (Å²) < 4.78 is 7.29. The number of anilines is 1. The van der Waals surface area contributed by atoms with Gasteiger partial charge in [-0.05, 0) is 48.5 Å². The van der Waals surface area contributed by atoms with E-state index in [1.807, 2.05) is 6.07 Å². The van der Waals surface area contributed by atoms with Crippen LogP contribution in [0.4, 0.5) is 5.69 Å². The van der Waals surface area contributed by atoms with Crippen molar-refractivity contribution in [3.63, 3.8) is 0 Å². The number of hydrogen-bond donors (Lipinski definition) is 1. The second kappa shape index (κ2) is 8.34. The molecule has 1 amide bonds. The van der Waals surface area contributed by atoms with Crippen LogP contribution in [0.2, 0.25) is 5.02 Å². The van der Waals surface area contributed by atoms with Crippen molar-refractivity contribution in [2.24, 2.45) is 7.05 Å². The first-order valence-corrected chi connectivity index (χ1v) is 9.48. The highest BCUT2D eigenvalue weighted by Gasteiger charge is 2.14. The lowest BCUT2D eigenvalue weighted by molar-refractivity contribution is -0.118. The molecular weight excluding hydrogens is 404 g/mol. The quantitative estimate of drug-likeness (QED) is 0.478. The van der Waals surface area contributed by atoms with E-state index in [4.69, 9.17) is 16.3 Å². The molecular formula is C22H17ClN4O3. The van der Waals surface area contributed by atoms with Crippen molar-refractivity contribution in [3.05, 3.63) is 83.5 Å². The fourth-order valence-corrected chi connectivity index (χ4v) is 3.20. The molecule has 7 nitrogen and oxygen atoms in total. The van der Waals surface area contributed by atoms with Gasteiger partial charge in [-0.15, -0.1) is 0 Å². The lowest BCUT2D eigenvalue weighted by Crippen LogP contribution is -2.20. The summed E-state index contributed by atoms with van der Waals surface area (Å²) in [6.07, 6.45) is 4.92. The summed E-state index contributed by atoms with van der Waals surface area (Å²) in [4.78, 5) is 33.1. The van der Waals surface area contributed by atoms with Gasteiger partial charge >= 0.3 is 0 Å². The Morgan fingerprint density at radius 3 is 2.60 bits per heavy atom. The lowest BCUT2D eigenvalue weighted by Gasteiger charge is -2.10. The van der Waals surface area contributed by atoms with Crippen LogP contribution in [-0.2, 0) is 11.8 Å². The van der Waals surface area contributed by atoms with Gasteiger partial charge in [-0.3, -0.25) is 14.6 Å². The Labute approximate surface area is 177 Å². The van der Waals surface area contributed by atoms with E-state index in [-0.39, 0.29) is 18.3 Å². The average Bonchev–Trinajstić information content (AvgIpc) is 3.19. The number of nitrogens with one attached hydrogen (secondary N) is 1. The molecule has 30 heavy (non-hydrogen) atoms. The summed E-state index contributed by atoms with van der Waals surface area (Å²) in [5.74, 6) is 0.299. The number of amides is 1. The average molecular weight is 421 g/mol. The van der Waals surface area contributed by atoms with E-state index < -0.39 is 0 Å². The first-order chi connectivity index (χ1) is 14.5. The highest BCUT2D eigenvalue weighted by atomic mass is 35.5. The third-order valence-corrected chi connectivity index (χ3v) is 4.82. The maximum atomic E-state index is 12.4. The minimum absolute atomic E-state index is 0.189. The molecule has 0 saturated carbocycles. The van der Waals surface area contributed by atoms with Gasteiger partial charge in [0, 0.05) is 42.3 Å². The number of halogens is 1. The standard InChI is InChI=1S/C22H17ClN4O3/c1-27-12-11-25-22(27)21(29)14-4-6-15(7-5-14)26-19(28)13-30-18-9-8-17(23)16-3-2-10-24-20(16)18/h2-12H,13H2,1H3,(H,26,28). The fraction of sp³-hybridized carbons (Fsp3) is 0.0909. The number of ether oxygens (including phenoxy) is 1. The van der Waals surface area contributed by atoms with Gasteiger partial charge in [-0.2, -0.15) is 0 Å². The molecule has 0 spiro atoms. The number of aryl methyl sites for hydroxylation is 1. The summed E-state index contributed by atoms with van der Waals surface area (Å²) >= 11 is 6.17. The molecule has 150 valence electrons. The SMILES string of the molecule is Cn1ccnc1C(=O)c1ccc(NC(=O)COc2ccc(Cl)c3cccnc23)cc1. The molecule has 0 aliphatic rings. The summed E-state index contributed by atoms with van der Waals surface area (Å²) in [6.45, 7) is -0.193. The molecule has 0 radical (unpaired) electrons. The van der Waals surface area contributed by atoms with Gasteiger partial charge in [0.05, 0.1) is 5.02 Å². The highest BCUT2D eigenvalue weighted by molar-refractivity contribution is 6.35. The monoisotopic (exact) mass is 420 g/mol. The van der Waals surface area contributed by atoms with Crippen LogP contribution in [0.3, 0.4) is 0 Å². The molecule has 1 N–H and O–H groups in total. The number of carbonyl (C=O) groups is 2. The number of pyridine rings is 1. The second-order valence-corrected chi connectivity index (χ2v) is 6.96. The highest BCUT2D eigenvalue weighted by Crippen LogP contribution is 2.29. The van der Waals surface area contributed by atoms with Crippen LogP contribution in [0, 0.1) is 0 Å². The summed E-state index contributed by atoms with van der Waals surface area (Å²) in [7, 11) is 1.76. The number of benzene rings is 2. The van der Waals surface area contributed by atoms with Crippen molar-refractivity contribution in [1.29, 1.82) is 0 Å². The Bertz CT molecular complexity index is 1230. The number of rotatable bonds is 6. The number of hydrogen-bond acceptors (Lipinski definition) is 5. The third-order valence-electron chi connectivity index (χ3n) is 4.49. The van der Waals surface area contributed by atoms with Crippen molar-refractivity contribution in [3.8, 4) is 5.75 Å². The number of fused-ring (bicyclic) bond motifs is 1. The predicted molar refractivity (Wildman–Crippen MR) is 114 cm³/mol. The molecule has 0 aliphatic carbocycles. The summed E-state index contributed by atoms with van der Waals surface area (Å²) in [6, 6.07) is 13.6. The molecule has 4 rings (SSSR count). The zero-order valence-corrected chi connectivity index (χ0v) is 16.8. The molecule has 0 unspecified atom stereocenters. The first-order valence-electron chi connectivity index (χ1n) is 9.11. The topological polar surface area (TPSA) is 86.1 Å². The molecule has 2 aromatic carbocycles. The van der Waals surface area contributed by atoms with Crippen LogP contribution in [0.1, 0.15) is 16.2 Å². The van der Waals surface area contributed by atoms with Crippen LogP contribution in [-0.4, -0.2) is 32.8 Å². The number of carbonyl (C=O) groups excluding carboxylic acids is 2. The van der Waals surface area contributed by atoms with Gasteiger partial charge in [-0.25, -0.2) is 4.98 Å². The zero-order valence-electron chi connectivity index (χ0n) is 16.0. The zero-order chi connectivity index (χ0) is 21.1. The predicted octanol–water partition coefficient (Wildman–Crippen LogP) is 3.87. The second-order valence-electron chi connectivity index (χ2n) is 6.55. The smallest absolute Gasteiger partial charge is 0.262 e. The third kappa shape index (κ3) is 4.01. The number of imidazole rings is 1. The Balaban J connectivity index is 1.40. The molecule has 0 saturated heterocycles. The van der Waals surface area contributed by atoms with E-state index in [1.54, 1.807) is 72.7 Å². The Morgan fingerprint density at radius 1 is 1.07 bits per heavy atom. The largest absolute Gasteiger partial charge is 0.481 e. The van der Waals surface area contributed by atoms with Crippen LogP contribution < -0.4 is 10.1 Å². The van der Waals surface area contributed by atoms with Gasteiger partial charge in [0.2, 0.25) is 5.78 Å². The summed E-state index contributed by atoms with van der Waals surface area (Å²) in [5, 5.41) is 4.06. The maximum Gasteiger partial charge on any atom is 0.262 e. The van der Waals surface area contributed by atoms with Crippen molar-refractivity contribution < 1.29 is 14.3 Å². The van der Waals surface area contributed by atoms with Gasteiger partial charge in [0.15, 0.2) is 12.4 Å². The van der Waals surface area contributed by atoms with Gasteiger partial charge < -0.3 is 14.6 Å². The van der Waals surface area contributed by atoms with Crippen LogP contribution in [0.5, 0.6) is 5.75 Å². The molecule has 2 aromatic heterocycles.